The van der Waals surface area contributed by atoms with Crippen molar-refractivity contribution in [2.24, 2.45) is 5.84 Å². The van der Waals surface area contributed by atoms with Crippen molar-refractivity contribution in [3.05, 3.63) is 27.2 Å². The van der Waals surface area contributed by atoms with E-state index in [2.05, 4.69) is 31.4 Å². The zero-order valence-corrected chi connectivity index (χ0v) is 13.3. The molecule has 6 nitrogen and oxygen atoms in total. The second-order valence-corrected chi connectivity index (χ2v) is 5.99. The molecule has 7 heteroatoms. The Labute approximate surface area is 125 Å². The summed E-state index contributed by atoms with van der Waals surface area (Å²) in [5.74, 6) is 8.35. The molecule has 3 rings (SSSR count). The van der Waals surface area contributed by atoms with Crippen LogP contribution in [0.1, 0.15) is 41.5 Å². The van der Waals surface area contributed by atoms with Gasteiger partial charge in [0.2, 0.25) is 0 Å². The van der Waals surface area contributed by atoms with Gasteiger partial charge in [0.1, 0.15) is 11.6 Å². The molecule has 0 unspecified atom stereocenters. The number of rotatable bonds is 3. The molecular weight excluding hydrogens is 320 g/mol. The highest BCUT2D eigenvalue weighted by Crippen LogP contribution is 2.39. The Bertz CT molecular complexity index is 674. The lowest BCUT2D eigenvalue weighted by Crippen LogP contribution is -2.16. The van der Waals surface area contributed by atoms with Gasteiger partial charge < -0.3 is 5.43 Å². The maximum Gasteiger partial charge on any atom is 0.162 e. The van der Waals surface area contributed by atoms with E-state index in [-0.39, 0.29) is 0 Å². The number of anilines is 1. The monoisotopic (exact) mass is 336 g/mol. The largest absolute Gasteiger partial charge is 0.308 e. The topological polar surface area (TPSA) is 81.7 Å². The van der Waals surface area contributed by atoms with Gasteiger partial charge in [-0.1, -0.05) is 0 Å². The fourth-order valence-electron chi connectivity index (χ4n) is 2.22. The first-order valence-corrected chi connectivity index (χ1v) is 7.39. The number of nitrogens with one attached hydrogen (secondary N) is 1. The fraction of sp³-hybridized carbons (Fsp3) is 0.462. The van der Waals surface area contributed by atoms with Crippen molar-refractivity contribution in [1.29, 1.82) is 0 Å². The molecule has 0 radical (unpaired) electrons. The highest BCUT2D eigenvalue weighted by molar-refractivity contribution is 9.10. The molecule has 0 bridgehead atoms. The van der Waals surface area contributed by atoms with Crippen molar-refractivity contribution >= 4 is 21.7 Å². The molecule has 0 spiro atoms. The maximum atomic E-state index is 5.58. The summed E-state index contributed by atoms with van der Waals surface area (Å²) < 4.78 is 2.86. The van der Waals surface area contributed by atoms with E-state index in [1.165, 1.54) is 0 Å². The third kappa shape index (κ3) is 2.10. The number of nitrogens with two attached hydrogens (primary N) is 1. The van der Waals surface area contributed by atoms with Crippen molar-refractivity contribution in [3.63, 3.8) is 0 Å². The van der Waals surface area contributed by atoms with Crippen LogP contribution < -0.4 is 11.3 Å². The van der Waals surface area contributed by atoms with E-state index in [0.717, 1.165) is 45.9 Å². The molecule has 2 heterocycles. The van der Waals surface area contributed by atoms with E-state index in [9.17, 15) is 0 Å². The molecule has 2 aromatic rings. The zero-order valence-electron chi connectivity index (χ0n) is 11.7. The molecule has 2 aromatic heterocycles. The van der Waals surface area contributed by atoms with E-state index >= 15 is 0 Å². The highest BCUT2D eigenvalue weighted by atomic mass is 79.9. The van der Waals surface area contributed by atoms with Crippen LogP contribution >= 0.6 is 15.9 Å². The van der Waals surface area contributed by atoms with Gasteiger partial charge in [-0.25, -0.2) is 20.5 Å². The summed E-state index contributed by atoms with van der Waals surface area (Å²) in [7, 11) is 0. The maximum absolute atomic E-state index is 5.58. The molecule has 3 N–H and O–H groups in total. The molecule has 1 aliphatic rings. The second-order valence-electron chi connectivity index (χ2n) is 5.19. The third-order valence-electron chi connectivity index (χ3n) is 3.62. The number of halogens is 1. The minimum Gasteiger partial charge on any atom is -0.308 e. The summed E-state index contributed by atoms with van der Waals surface area (Å²) in [6, 6.07) is 0. The van der Waals surface area contributed by atoms with Gasteiger partial charge in [0.25, 0.3) is 0 Å². The summed E-state index contributed by atoms with van der Waals surface area (Å²) in [4.78, 5) is 9.20. The minimum atomic E-state index is 0.460. The molecule has 1 fully saturated rings. The zero-order chi connectivity index (χ0) is 14.4. The smallest absolute Gasteiger partial charge is 0.162 e. The Balaban J connectivity index is 2.20. The first kappa shape index (κ1) is 13.5. The average Bonchev–Trinajstić information content (AvgIpc) is 3.24. The summed E-state index contributed by atoms with van der Waals surface area (Å²) in [5.41, 5.74) is 5.53. The second kappa shape index (κ2) is 4.82. The van der Waals surface area contributed by atoms with Crippen LogP contribution in [0.25, 0.3) is 5.82 Å². The van der Waals surface area contributed by atoms with Crippen molar-refractivity contribution in [1.82, 2.24) is 19.7 Å². The SMILES string of the molecule is Cc1nn(-c2nc(C3CC3)nc(NN)c2C)c(C)c1Br. The number of hydrazine groups is 1. The lowest BCUT2D eigenvalue weighted by Gasteiger charge is -2.12. The summed E-state index contributed by atoms with van der Waals surface area (Å²) in [5, 5.41) is 4.55. The molecular formula is C13H17BrN6. The van der Waals surface area contributed by atoms with Crippen LogP contribution in [0.5, 0.6) is 0 Å². The molecule has 0 saturated heterocycles. The quantitative estimate of drug-likeness (QED) is 0.664. The number of hydrogen-bond acceptors (Lipinski definition) is 5. The third-order valence-corrected chi connectivity index (χ3v) is 4.77. The van der Waals surface area contributed by atoms with Gasteiger partial charge in [-0.05, 0) is 49.5 Å². The Kier molecular flexibility index (Phi) is 3.25. The van der Waals surface area contributed by atoms with Crippen LogP contribution in [0.2, 0.25) is 0 Å². The van der Waals surface area contributed by atoms with Crippen molar-refractivity contribution in [2.45, 2.75) is 39.5 Å². The van der Waals surface area contributed by atoms with Gasteiger partial charge >= 0.3 is 0 Å². The predicted octanol–water partition coefficient (Wildman–Crippen LogP) is 2.51. The standard InChI is InChI=1S/C13H17BrN6/c1-6-11(18-15)16-12(9-4-5-9)17-13(6)20-8(3)10(14)7(2)19-20/h9H,4-5,15H2,1-3H3,(H,16,17,18). The van der Waals surface area contributed by atoms with Crippen LogP contribution in [0.4, 0.5) is 5.82 Å². The van der Waals surface area contributed by atoms with Gasteiger partial charge in [0.05, 0.1) is 15.9 Å². The molecule has 20 heavy (non-hydrogen) atoms. The van der Waals surface area contributed by atoms with E-state index in [0.29, 0.717) is 11.7 Å². The fourth-order valence-corrected chi connectivity index (χ4v) is 2.47. The molecule has 1 aliphatic carbocycles. The van der Waals surface area contributed by atoms with Gasteiger partial charge in [-0.3, -0.25) is 0 Å². The van der Waals surface area contributed by atoms with Crippen LogP contribution in [-0.4, -0.2) is 19.7 Å². The lowest BCUT2D eigenvalue weighted by atomic mass is 10.2. The van der Waals surface area contributed by atoms with Gasteiger partial charge in [-0.15, -0.1) is 0 Å². The molecule has 106 valence electrons. The van der Waals surface area contributed by atoms with Gasteiger partial charge in [-0.2, -0.15) is 5.10 Å². The molecule has 1 saturated carbocycles. The van der Waals surface area contributed by atoms with Gasteiger partial charge in [0.15, 0.2) is 5.82 Å². The van der Waals surface area contributed by atoms with E-state index in [1.807, 2.05) is 25.5 Å². The van der Waals surface area contributed by atoms with E-state index in [4.69, 9.17) is 10.8 Å². The van der Waals surface area contributed by atoms with Crippen molar-refractivity contribution in [3.8, 4) is 5.82 Å². The number of hydrogen-bond donors (Lipinski definition) is 2. The summed E-state index contributed by atoms with van der Waals surface area (Å²) in [6.07, 6.45) is 2.29. The Hall–Kier alpha value is -1.47. The van der Waals surface area contributed by atoms with Crippen LogP contribution in [0.3, 0.4) is 0 Å². The van der Waals surface area contributed by atoms with Gasteiger partial charge in [0, 0.05) is 11.5 Å². The van der Waals surface area contributed by atoms with Crippen molar-refractivity contribution < 1.29 is 0 Å². The Morgan fingerprint density at radius 2 is 1.95 bits per heavy atom. The van der Waals surface area contributed by atoms with E-state index in [1.54, 1.807) is 0 Å². The predicted molar refractivity (Wildman–Crippen MR) is 80.9 cm³/mol. The normalized spacial score (nSPS) is 14.7. The molecule has 0 atom stereocenters. The number of nitrogens with zero attached hydrogens (tertiary/aromatic N) is 4. The lowest BCUT2D eigenvalue weighted by molar-refractivity contribution is 0.772. The number of nitrogen functional groups attached to an aromatic ring is 1. The van der Waals surface area contributed by atoms with Crippen LogP contribution in [0, 0.1) is 20.8 Å². The van der Waals surface area contributed by atoms with Crippen LogP contribution in [0.15, 0.2) is 4.47 Å². The minimum absolute atomic E-state index is 0.460. The first-order chi connectivity index (χ1) is 9.52. The summed E-state index contributed by atoms with van der Waals surface area (Å²) >= 11 is 3.55. The molecule has 0 aromatic carbocycles. The van der Waals surface area contributed by atoms with Crippen LogP contribution in [-0.2, 0) is 0 Å². The van der Waals surface area contributed by atoms with E-state index < -0.39 is 0 Å². The Morgan fingerprint density at radius 3 is 2.45 bits per heavy atom. The highest BCUT2D eigenvalue weighted by Gasteiger charge is 2.29. The first-order valence-electron chi connectivity index (χ1n) is 6.60. The number of aryl methyl sites for hydroxylation is 1. The average molecular weight is 337 g/mol. The Morgan fingerprint density at radius 1 is 1.25 bits per heavy atom. The summed E-state index contributed by atoms with van der Waals surface area (Å²) in [6.45, 7) is 5.93. The molecule has 0 amide bonds. The molecule has 0 aliphatic heterocycles. The van der Waals surface area contributed by atoms with Crippen molar-refractivity contribution in [2.75, 3.05) is 5.43 Å². The number of aromatic nitrogens is 4.